The fourth-order valence-electron chi connectivity index (χ4n) is 3.50. The Bertz CT molecular complexity index is 1410. The summed E-state index contributed by atoms with van der Waals surface area (Å²) in [5.41, 5.74) is 5.59. The zero-order valence-corrected chi connectivity index (χ0v) is 22.2. The summed E-state index contributed by atoms with van der Waals surface area (Å²) in [5.74, 6) is 1.19. The molecule has 6 nitrogen and oxygen atoms in total. The van der Waals surface area contributed by atoms with Crippen LogP contribution in [0.15, 0.2) is 96.1 Å². The van der Waals surface area contributed by atoms with Gasteiger partial charge in [0.05, 0.1) is 17.8 Å². The zero-order valence-electron chi connectivity index (χ0n) is 20.7. The number of hydrazone groups is 1. The third-order valence-corrected chi connectivity index (χ3v) is 5.89. The molecule has 38 heavy (non-hydrogen) atoms. The van der Waals surface area contributed by atoms with E-state index in [1.165, 1.54) is 6.21 Å². The predicted octanol–water partition coefficient (Wildman–Crippen LogP) is 7.31. The fraction of sp³-hybridized carbons (Fsp3) is 0.133. The van der Waals surface area contributed by atoms with Crippen LogP contribution in [0.2, 0.25) is 10.0 Å². The predicted molar refractivity (Wildman–Crippen MR) is 151 cm³/mol. The highest BCUT2D eigenvalue weighted by molar-refractivity contribution is 6.32. The number of rotatable bonds is 11. The van der Waals surface area contributed by atoms with Crippen LogP contribution < -0.4 is 19.6 Å². The lowest BCUT2D eigenvalue weighted by Gasteiger charge is -2.13. The molecule has 0 aliphatic carbocycles. The van der Waals surface area contributed by atoms with Crippen LogP contribution in [0, 0.1) is 0 Å². The van der Waals surface area contributed by atoms with Crippen molar-refractivity contribution in [3.05, 3.63) is 123 Å². The monoisotopic (exact) mass is 548 g/mol. The summed E-state index contributed by atoms with van der Waals surface area (Å²) < 4.78 is 17.4. The van der Waals surface area contributed by atoms with Crippen LogP contribution in [0.3, 0.4) is 0 Å². The highest BCUT2D eigenvalue weighted by Crippen LogP contribution is 2.29. The average molecular weight is 549 g/mol. The molecular formula is C30H26Cl2N2O4. The number of hydrogen-bond acceptors (Lipinski definition) is 5. The van der Waals surface area contributed by atoms with Crippen LogP contribution in [0.25, 0.3) is 0 Å². The first-order valence-corrected chi connectivity index (χ1v) is 12.7. The fourth-order valence-corrected chi connectivity index (χ4v) is 3.96. The van der Waals surface area contributed by atoms with Crippen LogP contribution in [-0.4, -0.2) is 18.7 Å². The first-order valence-electron chi connectivity index (χ1n) is 12.0. The Morgan fingerprint density at radius 3 is 2.29 bits per heavy atom. The van der Waals surface area contributed by atoms with Crippen molar-refractivity contribution in [2.45, 2.75) is 20.1 Å². The first kappa shape index (κ1) is 27.0. The average Bonchev–Trinajstić information content (AvgIpc) is 2.92. The van der Waals surface area contributed by atoms with Gasteiger partial charge in [0.2, 0.25) is 0 Å². The molecule has 1 N–H and O–H groups in total. The van der Waals surface area contributed by atoms with Gasteiger partial charge in [0.25, 0.3) is 5.91 Å². The van der Waals surface area contributed by atoms with Gasteiger partial charge in [-0.3, -0.25) is 4.79 Å². The highest BCUT2D eigenvalue weighted by Gasteiger charge is 2.12. The molecule has 0 aromatic heterocycles. The molecule has 0 spiro atoms. The molecule has 194 valence electrons. The van der Waals surface area contributed by atoms with Crippen molar-refractivity contribution >= 4 is 35.3 Å². The summed E-state index contributed by atoms with van der Waals surface area (Å²) in [6.45, 7) is 3.04. The van der Waals surface area contributed by atoms with E-state index in [-0.39, 0.29) is 5.91 Å². The van der Waals surface area contributed by atoms with E-state index in [9.17, 15) is 4.79 Å². The van der Waals surface area contributed by atoms with Crippen LogP contribution in [0.1, 0.15) is 34.0 Å². The van der Waals surface area contributed by atoms with E-state index in [1.807, 2.05) is 55.5 Å². The van der Waals surface area contributed by atoms with Crippen LogP contribution in [0.4, 0.5) is 0 Å². The summed E-state index contributed by atoms with van der Waals surface area (Å²) in [6.07, 6.45) is 1.51. The normalized spacial score (nSPS) is 10.8. The van der Waals surface area contributed by atoms with Crippen molar-refractivity contribution in [1.82, 2.24) is 5.43 Å². The molecule has 0 radical (unpaired) electrons. The van der Waals surface area contributed by atoms with E-state index >= 15 is 0 Å². The van der Waals surface area contributed by atoms with E-state index in [4.69, 9.17) is 37.4 Å². The largest absolute Gasteiger partial charge is 0.490 e. The summed E-state index contributed by atoms with van der Waals surface area (Å²) in [7, 11) is 0. The maximum absolute atomic E-state index is 12.7. The Hall–Kier alpha value is -4.00. The van der Waals surface area contributed by atoms with Gasteiger partial charge in [-0.05, 0) is 72.1 Å². The van der Waals surface area contributed by atoms with Gasteiger partial charge in [0.1, 0.15) is 19.0 Å². The number of benzene rings is 4. The van der Waals surface area contributed by atoms with E-state index in [0.29, 0.717) is 58.2 Å². The number of hydrogen-bond donors (Lipinski definition) is 1. The second-order valence-electron chi connectivity index (χ2n) is 8.18. The molecule has 4 aromatic rings. The maximum atomic E-state index is 12.7. The molecule has 0 unspecified atom stereocenters. The minimum atomic E-state index is -0.385. The quantitative estimate of drug-likeness (QED) is 0.157. The lowest BCUT2D eigenvalue weighted by Crippen LogP contribution is -2.17. The second kappa shape index (κ2) is 13.5. The lowest BCUT2D eigenvalue weighted by molar-refractivity contribution is 0.0954. The molecular weight excluding hydrogens is 523 g/mol. The van der Waals surface area contributed by atoms with Crippen molar-refractivity contribution in [3.63, 3.8) is 0 Å². The number of amides is 1. The Morgan fingerprint density at radius 1 is 0.789 bits per heavy atom. The molecule has 4 aromatic carbocycles. The second-order valence-corrected chi connectivity index (χ2v) is 9.02. The summed E-state index contributed by atoms with van der Waals surface area (Å²) >= 11 is 12.4. The van der Waals surface area contributed by atoms with E-state index < -0.39 is 0 Å². The molecule has 0 aliphatic heterocycles. The minimum Gasteiger partial charge on any atom is -0.490 e. The number of carbonyl (C=O) groups is 1. The Morgan fingerprint density at radius 2 is 1.53 bits per heavy atom. The molecule has 4 rings (SSSR count). The van der Waals surface area contributed by atoms with Crippen molar-refractivity contribution in [2.24, 2.45) is 5.10 Å². The number of ether oxygens (including phenoxy) is 3. The van der Waals surface area contributed by atoms with E-state index in [2.05, 4.69) is 10.5 Å². The molecule has 8 heteroatoms. The number of carbonyl (C=O) groups excluding carboxylic acids is 1. The Balaban J connectivity index is 1.34. The third-order valence-electron chi connectivity index (χ3n) is 5.36. The highest BCUT2D eigenvalue weighted by atomic mass is 35.5. The van der Waals surface area contributed by atoms with Crippen molar-refractivity contribution in [2.75, 3.05) is 6.61 Å². The van der Waals surface area contributed by atoms with Crippen molar-refractivity contribution in [3.8, 4) is 17.2 Å². The molecule has 0 bridgehead atoms. The van der Waals surface area contributed by atoms with Gasteiger partial charge in [-0.25, -0.2) is 5.43 Å². The van der Waals surface area contributed by atoms with Crippen molar-refractivity contribution in [1.29, 1.82) is 0 Å². The molecule has 0 aliphatic rings. The van der Waals surface area contributed by atoms with Gasteiger partial charge in [-0.1, -0.05) is 65.7 Å². The summed E-state index contributed by atoms with van der Waals surface area (Å²) in [6, 6.07) is 27.5. The van der Waals surface area contributed by atoms with E-state index in [1.54, 1.807) is 42.5 Å². The van der Waals surface area contributed by atoms with Gasteiger partial charge < -0.3 is 14.2 Å². The SMILES string of the molecule is CCOc1cc(C(=O)N/N=C/c2ccc(OCc3cccc(Cl)c3)c(Cl)c2)ccc1OCc1ccccc1. The summed E-state index contributed by atoms with van der Waals surface area (Å²) in [5, 5.41) is 5.13. The lowest BCUT2D eigenvalue weighted by atomic mass is 10.2. The van der Waals surface area contributed by atoms with Crippen LogP contribution in [-0.2, 0) is 13.2 Å². The van der Waals surface area contributed by atoms with Crippen LogP contribution in [0.5, 0.6) is 17.2 Å². The maximum Gasteiger partial charge on any atom is 0.271 e. The number of nitrogens with one attached hydrogen (secondary N) is 1. The van der Waals surface area contributed by atoms with Crippen LogP contribution >= 0.6 is 23.2 Å². The van der Waals surface area contributed by atoms with Gasteiger partial charge >= 0.3 is 0 Å². The van der Waals surface area contributed by atoms with Crippen molar-refractivity contribution < 1.29 is 19.0 Å². The van der Waals surface area contributed by atoms with Gasteiger partial charge in [0.15, 0.2) is 11.5 Å². The standard InChI is InChI=1S/C30H26Cl2N2O4/c1-2-36-29-17-24(12-14-28(29)38-19-21-7-4-3-5-8-21)30(35)34-33-18-22-11-13-27(26(32)16-22)37-20-23-9-6-10-25(31)15-23/h3-18H,2,19-20H2,1H3,(H,34,35)/b33-18+. The molecule has 0 saturated heterocycles. The minimum absolute atomic E-state index is 0.337. The van der Waals surface area contributed by atoms with Gasteiger partial charge in [-0.2, -0.15) is 5.10 Å². The Kier molecular flexibility index (Phi) is 9.62. The molecule has 0 atom stereocenters. The molecule has 0 fully saturated rings. The first-order chi connectivity index (χ1) is 18.5. The zero-order chi connectivity index (χ0) is 26.7. The summed E-state index contributed by atoms with van der Waals surface area (Å²) in [4.78, 5) is 12.7. The molecule has 0 saturated carbocycles. The molecule has 0 heterocycles. The third kappa shape index (κ3) is 7.75. The Labute approximate surface area is 231 Å². The van der Waals surface area contributed by atoms with Gasteiger partial charge in [0, 0.05) is 10.6 Å². The van der Waals surface area contributed by atoms with Gasteiger partial charge in [-0.15, -0.1) is 0 Å². The smallest absolute Gasteiger partial charge is 0.271 e. The number of nitrogens with zero attached hydrogens (tertiary/aromatic N) is 1. The number of halogens is 2. The van der Waals surface area contributed by atoms with E-state index in [0.717, 1.165) is 11.1 Å². The topological polar surface area (TPSA) is 69.2 Å². The molecule has 1 amide bonds.